The van der Waals surface area contributed by atoms with Crippen molar-refractivity contribution >= 4 is 18.0 Å². The van der Waals surface area contributed by atoms with Crippen LogP contribution in [0.15, 0.2) is 60.7 Å². The number of carbonyl (C=O) groups is 2. The van der Waals surface area contributed by atoms with Crippen LogP contribution >= 0.6 is 0 Å². The van der Waals surface area contributed by atoms with Crippen molar-refractivity contribution in [2.75, 3.05) is 0 Å². The first-order chi connectivity index (χ1) is 12.0. The van der Waals surface area contributed by atoms with Crippen LogP contribution in [-0.4, -0.2) is 18.0 Å². The summed E-state index contributed by atoms with van der Waals surface area (Å²) in [5, 5.41) is 2.79. The molecule has 2 atom stereocenters. The number of halogens is 1. The molecule has 0 aliphatic rings. The van der Waals surface area contributed by atoms with E-state index in [1.807, 2.05) is 37.3 Å². The van der Waals surface area contributed by atoms with Gasteiger partial charge in [-0.25, -0.2) is 9.18 Å². The fourth-order valence-electron chi connectivity index (χ4n) is 2.20. The minimum atomic E-state index is -0.934. The Bertz CT molecular complexity index is 759. The third-order valence-corrected chi connectivity index (χ3v) is 3.58. The molecule has 5 heteroatoms. The molecule has 0 aliphatic heterocycles. The molecular formula is C20H20FNO3. The minimum absolute atomic E-state index is 0.197. The van der Waals surface area contributed by atoms with E-state index in [9.17, 15) is 14.0 Å². The Hall–Kier alpha value is -2.95. The largest absolute Gasteiger partial charge is 0.449 e. The highest BCUT2D eigenvalue weighted by Crippen LogP contribution is 2.12. The van der Waals surface area contributed by atoms with Crippen LogP contribution in [0.5, 0.6) is 0 Å². The summed E-state index contributed by atoms with van der Waals surface area (Å²) in [5.41, 5.74) is 1.49. The fraction of sp³-hybridized carbons (Fsp3) is 0.200. The second-order valence-corrected chi connectivity index (χ2v) is 5.61. The van der Waals surface area contributed by atoms with Gasteiger partial charge in [-0.15, -0.1) is 0 Å². The van der Waals surface area contributed by atoms with E-state index in [4.69, 9.17) is 4.74 Å². The van der Waals surface area contributed by atoms with Gasteiger partial charge in [0.2, 0.25) is 0 Å². The molecule has 0 aliphatic carbocycles. The van der Waals surface area contributed by atoms with Crippen molar-refractivity contribution in [2.45, 2.75) is 26.0 Å². The lowest BCUT2D eigenvalue weighted by Crippen LogP contribution is -2.37. The summed E-state index contributed by atoms with van der Waals surface area (Å²) in [4.78, 5) is 23.9. The molecule has 130 valence electrons. The van der Waals surface area contributed by atoms with Gasteiger partial charge in [0.05, 0.1) is 6.04 Å². The Morgan fingerprint density at radius 1 is 1.08 bits per heavy atom. The number of hydrogen-bond acceptors (Lipinski definition) is 3. The lowest BCUT2D eigenvalue weighted by atomic mass is 10.1. The highest BCUT2D eigenvalue weighted by atomic mass is 19.1. The quantitative estimate of drug-likeness (QED) is 0.644. The molecule has 2 rings (SSSR count). The summed E-state index contributed by atoms with van der Waals surface area (Å²) in [6.07, 6.45) is 1.66. The van der Waals surface area contributed by atoms with Crippen LogP contribution in [0.4, 0.5) is 4.39 Å². The van der Waals surface area contributed by atoms with Crippen molar-refractivity contribution in [3.63, 3.8) is 0 Å². The number of benzene rings is 2. The van der Waals surface area contributed by atoms with Gasteiger partial charge in [0, 0.05) is 6.08 Å². The van der Waals surface area contributed by atoms with Gasteiger partial charge in [-0.3, -0.25) is 4.79 Å². The van der Waals surface area contributed by atoms with E-state index >= 15 is 0 Å². The summed E-state index contributed by atoms with van der Waals surface area (Å²) in [7, 11) is 0. The maximum absolute atomic E-state index is 13.1. The lowest BCUT2D eigenvalue weighted by molar-refractivity contribution is -0.150. The topological polar surface area (TPSA) is 55.4 Å². The number of ether oxygens (including phenoxy) is 1. The van der Waals surface area contributed by atoms with Crippen molar-refractivity contribution in [2.24, 2.45) is 0 Å². The first-order valence-corrected chi connectivity index (χ1v) is 7.95. The normalized spacial score (nSPS) is 13.2. The lowest BCUT2D eigenvalue weighted by Gasteiger charge is -2.17. The summed E-state index contributed by atoms with van der Waals surface area (Å²) < 4.78 is 18.1. The molecule has 0 spiro atoms. The monoisotopic (exact) mass is 341 g/mol. The predicted molar refractivity (Wildman–Crippen MR) is 94.0 cm³/mol. The molecular weight excluding hydrogens is 321 g/mol. The van der Waals surface area contributed by atoms with E-state index in [-0.39, 0.29) is 11.9 Å². The average Bonchev–Trinajstić information content (AvgIpc) is 2.60. The molecule has 0 aromatic heterocycles. The van der Waals surface area contributed by atoms with Gasteiger partial charge in [-0.2, -0.15) is 0 Å². The number of amides is 1. The zero-order chi connectivity index (χ0) is 18.2. The smallest absolute Gasteiger partial charge is 0.331 e. The van der Waals surface area contributed by atoms with E-state index in [0.29, 0.717) is 5.56 Å². The van der Waals surface area contributed by atoms with Crippen molar-refractivity contribution in [3.05, 3.63) is 77.6 Å². The first-order valence-electron chi connectivity index (χ1n) is 7.95. The minimum Gasteiger partial charge on any atom is -0.449 e. The third kappa shape index (κ3) is 5.88. The van der Waals surface area contributed by atoms with Crippen LogP contribution in [0.3, 0.4) is 0 Å². The van der Waals surface area contributed by atoms with E-state index in [0.717, 1.165) is 5.56 Å². The van der Waals surface area contributed by atoms with E-state index in [2.05, 4.69) is 5.32 Å². The van der Waals surface area contributed by atoms with Gasteiger partial charge in [-0.1, -0.05) is 42.5 Å². The van der Waals surface area contributed by atoms with E-state index < -0.39 is 17.9 Å². The van der Waals surface area contributed by atoms with Crippen LogP contribution in [-0.2, 0) is 14.3 Å². The summed E-state index contributed by atoms with van der Waals surface area (Å²) >= 11 is 0. The Morgan fingerprint density at radius 3 is 2.48 bits per heavy atom. The Kier molecular flexibility index (Phi) is 6.46. The van der Waals surface area contributed by atoms with E-state index in [1.165, 1.54) is 31.2 Å². The molecule has 2 unspecified atom stereocenters. The van der Waals surface area contributed by atoms with Crippen LogP contribution in [0.2, 0.25) is 0 Å². The van der Waals surface area contributed by atoms with Gasteiger partial charge in [0.1, 0.15) is 5.82 Å². The molecule has 1 amide bonds. The summed E-state index contributed by atoms with van der Waals surface area (Å²) in [6.45, 7) is 3.35. The zero-order valence-corrected chi connectivity index (χ0v) is 14.1. The first kappa shape index (κ1) is 18.4. The summed E-state index contributed by atoms with van der Waals surface area (Å²) in [6, 6.07) is 15.1. The zero-order valence-electron chi connectivity index (χ0n) is 14.1. The third-order valence-electron chi connectivity index (χ3n) is 3.58. The number of rotatable bonds is 6. The summed E-state index contributed by atoms with van der Waals surface area (Å²) in [5.74, 6) is -1.44. The molecule has 2 aromatic rings. The van der Waals surface area contributed by atoms with Gasteiger partial charge >= 0.3 is 5.97 Å². The number of hydrogen-bond donors (Lipinski definition) is 1. The van der Waals surface area contributed by atoms with Crippen molar-refractivity contribution in [3.8, 4) is 0 Å². The molecule has 0 saturated heterocycles. The molecule has 25 heavy (non-hydrogen) atoms. The molecule has 0 heterocycles. The maximum atomic E-state index is 13.1. The Balaban J connectivity index is 1.86. The highest BCUT2D eigenvalue weighted by Gasteiger charge is 2.18. The van der Waals surface area contributed by atoms with Crippen molar-refractivity contribution in [1.29, 1.82) is 0 Å². The molecule has 1 N–H and O–H groups in total. The predicted octanol–water partition coefficient (Wildman–Crippen LogP) is 3.65. The van der Waals surface area contributed by atoms with Gasteiger partial charge < -0.3 is 10.1 Å². The van der Waals surface area contributed by atoms with E-state index in [1.54, 1.807) is 12.1 Å². The van der Waals surface area contributed by atoms with Crippen LogP contribution in [0.25, 0.3) is 6.08 Å². The fourth-order valence-corrected chi connectivity index (χ4v) is 2.20. The second kappa shape index (κ2) is 8.78. The molecule has 0 bridgehead atoms. The van der Waals surface area contributed by atoms with Gasteiger partial charge in [0.15, 0.2) is 6.10 Å². The van der Waals surface area contributed by atoms with Crippen molar-refractivity contribution in [1.82, 2.24) is 5.32 Å². The number of carbonyl (C=O) groups excluding carboxylic acids is 2. The molecule has 4 nitrogen and oxygen atoms in total. The SMILES string of the molecule is CC(OC(=O)/C=C/c1cccc(F)c1)C(=O)NC(C)c1ccccc1. The van der Waals surface area contributed by atoms with Crippen LogP contribution < -0.4 is 5.32 Å². The standard InChI is InChI=1S/C20H20FNO3/c1-14(17-8-4-3-5-9-17)22-20(24)15(2)25-19(23)12-11-16-7-6-10-18(21)13-16/h3-15H,1-2H3,(H,22,24)/b12-11+. The highest BCUT2D eigenvalue weighted by molar-refractivity contribution is 5.90. The molecule has 0 radical (unpaired) electrons. The maximum Gasteiger partial charge on any atom is 0.331 e. The second-order valence-electron chi connectivity index (χ2n) is 5.61. The Morgan fingerprint density at radius 2 is 1.80 bits per heavy atom. The number of esters is 1. The van der Waals surface area contributed by atoms with Crippen LogP contribution in [0, 0.1) is 5.82 Å². The molecule has 2 aromatic carbocycles. The van der Waals surface area contributed by atoms with Gasteiger partial charge in [-0.05, 0) is 43.2 Å². The molecule has 0 fully saturated rings. The number of nitrogens with one attached hydrogen (secondary N) is 1. The van der Waals surface area contributed by atoms with Crippen LogP contribution in [0.1, 0.15) is 31.0 Å². The molecule has 0 saturated carbocycles. The van der Waals surface area contributed by atoms with Crippen molar-refractivity contribution < 1.29 is 18.7 Å². The average molecular weight is 341 g/mol. The van der Waals surface area contributed by atoms with Gasteiger partial charge in [0.25, 0.3) is 5.91 Å². The Labute approximate surface area is 146 Å².